The van der Waals surface area contributed by atoms with Crippen LogP contribution in [0.1, 0.15) is 61.1 Å². The van der Waals surface area contributed by atoms with E-state index in [1.165, 1.54) is 22.7 Å². The van der Waals surface area contributed by atoms with Crippen molar-refractivity contribution in [2.75, 3.05) is 39.7 Å². The van der Waals surface area contributed by atoms with Gasteiger partial charge in [-0.2, -0.15) is 8.42 Å². The van der Waals surface area contributed by atoms with Gasteiger partial charge in [0.15, 0.2) is 0 Å². The molecular formula is C26H39NO7S3. The second-order valence-corrected chi connectivity index (χ2v) is 13.1. The first-order chi connectivity index (χ1) is 17.7. The highest BCUT2D eigenvalue weighted by Gasteiger charge is 2.45. The molecule has 1 N–H and O–H groups in total. The Hall–Kier alpha value is -1.34. The number of hydrogen-bond acceptors (Lipinski definition) is 10. The van der Waals surface area contributed by atoms with E-state index in [0.29, 0.717) is 29.0 Å². The number of ether oxygens (including phenoxy) is 2. The number of likely N-dealkylation sites (N-methyl/N-ethyl adjacent to an activating group) is 1. The molecule has 2 aromatic heterocycles. The summed E-state index contributed by atoms with van der Waals surface area (Å²) in [5.41, 5.74) is -1.75. The summed E-state index contributed by atoms with van der Waals surface area (Å²) in [6.45, 7) is 2.45. The van der Waals surface area contributed by atoms with E-state index in [4.69, 9.17) is 13.7 Å². The highest BCUT2D eigenvalue weighted by molar-refractivity contribution is 7.85. The van der Waals surface area contributed by atoms with Crippen LogP contribution in [0.3, 0.4) is 0 Å². The minimum atomic E-state index is -3.34. The molecule has 0 aromatic carbocycles. The monoisotopic (exact) mass is 573 g/mol. The van der Waals surface area contributed by atoms with Gasteiger partial charge in [-0.1, -0.05) is 25.0 Å². The van der Waals surface area contributed by atoms with Gasteiger partial charge in [0.2, 0.25) is 5.60 Å². The van der Waals surface area contributed by atoms with Gasteiger partial charge in [0, 0.05) is 19.2 Å². The van der Waals surface area contributed by atoms with E-state index in [-0.39, 0.29) is 12.7 Å². The molecule has 0 radical (unpaired) electrons. The van der Waals surface area contributed by atoms with Gasteiger partial charge in [0.1, 0.15) is 6.10 Å². The van der Waals surface area contributed by atoms with Gasteiger partial charge in [0.05, 0.1) is 29.2 Å². The summed E-state index contributed by atoms with van der Waals surface area (Å²) >= 11 is 2.70. The van der Waals surface area contributed by atoms with Crippen LogP contribution in [0, 0.1) is 0 Å². The Bertz CT molecular complexity index is 983. The van der Waals surface area contributed by atoms with E-state index < -0.39 is 21.7 Å². The van der Waals surface area contributed by atoms with Crippen molar-refractivity contribution in [1.82, 2.24) is 4.90 Å². The molecule has 2 aromatic rings. The van der Waals surface area contributed by atoms with Gasteiger partial charge in [-0.15, -0.1) is 22.7 Å². The molecule has 0 amide bonds. The van der Waals surface area contributed by atoms with Crippen molar-refractivity contribution in [3.05, 3.63) is 44.8 Å². The molecule has 0 spiro atoms. The predicted octanol–water partition coefficient (Wildman–Crippen LogP) is 4.38. The molecule has 8 nitrogen and oxygen atoms in total. The fraction of sp³-hybridized carbons (Fsp3) is 0.654. The normalized spacial score (nSPS) is 18.8. The molecule has 208 valence electrons. The molecule has 3 rings (SSSR count). The summed E-state index contributed by atoms with van der Waals surface area (Å²) in [6, 6.07) is 7.63. The first kappa shape index (κ1) is 30.2. The number of nitrogens with zero attached hydrogens (tertiary/aromatic N) is 1. The van der Waals surface area contributed by atoms with Crippen molar-refractivity contribution >= 4 is 38.8 Å². The number of aliphatic hydroxyl groups is 1. The smallest absolute Gasteiger partial charge is 0.349 e. The first-order valence-corrected chi connectivity index (χ1v) is 16.4. The minimum absolute atomic E-state index is 0.192. The van der Waals surface area contributed by atoms with Crippen LogP contribution in [0.25, 0.3) is 0 Å². The lowest BCUT2D eigenvalue weighted by Gasteiger charge is -2.35. The second kappa shape index (κ2) is 14.7. The number of carbonyl (C=O) groups is 1. The number of unbranched alkanes of at least 4 members (excludes halogenated alkanes) is 3. The fourth-order valence-electron chi connectivity index (χ4n) is 4.50. The van der Waals surface area contributed by atoms with Crippen LogP contribution in [0.2, 0.25) is 0 Å². The first-order valence-electron chi connectivity index (χ1n) is 12.8. The van der Waals surface area contributed by atoms with Gasteiger partial charge >= 0.3 is 5.97 Å². The Labute approximate surface area is 228 Å². The summed E-state index contributed by atoms with van der Waals surface area (Å²) in [6.07, 6.45) is 7.87. The standard InChI is InChI=1S/C26H39NO7S3/c1-27(15-18-32-16-5-3-4-6-17-33-37(2,30)31)21-11-13-22(14-12-21)34-25(28)26(29,23-9-7-19-35-23)24-10-8-20-36-24/h7-10,19-22,29H,3-6,11-18H2,1-2H3. The Morgan fingerprint density at radius 3 is 2.14 bits per heavy atom. The predicted molar refractivity (Wildman–Crippen MR) is 146 cm³/mol. The molecule has 0 unspecified atom stereocenters. The SMILES string of the molecule is CN(CCOCCCCCCOS(C)(=O)=O)C1CCC(OC(=O)C(O)(c2cccs2)c2cccs2)CC1. The Morgan fingerprint density at radius 1 is 1.00 bits per heavy atom. The molecule has 0 aliphatic heterocycles. The largest absolute Gasteiger partial charge is 0.460 e. The summed E-state index contributed by atoms with van der Waals surface area (Å²) in [4.78, 5) is 16.6. The van der Waals surface area contributed by atoms with Crippen molar-refractivity contribution in [2.24, 2.45) is 0 Å². The fourth-order valence-corrected chi connectivity index (χ4v) is 6.63. The Kier molecular flexibility index (Phi) is 12.0. The van der Waals surface area contributed by atoms with E-state index in [2.05, 4.69) is 11.9 Å². The Balaban J connectivity index is 1.31. The third-order valence-corrected chi connectivity index (χ3v) is 9.21. The van der Waals surface area contributed by atoms with Gasteiger partial charge < -0.3 is 19.5 Å². The average Bonchev–Trinajstić information content (AvgIpc) is 3.59. The lowest BCUT2D eigenvalue weighted by molar-refractivity contribution is -0.169. The number of thiophene rings is 2. The zero-order valence-electron chi connectivity index (χ0n) is 21.7. The maximum absolute atomic E-state index is 13.2. The maximum Gasteiger partial charge on any atom is 0.349 e. The highest BCUT2D eigenvalue weighted by Crippen LogP contribution is 2.38. The van der Waals surface area contributed by atoms with Crippen molar-refractivity contribution in [2.45, 2.75) is 69.1 Å². The zero-order valence-corrected chi connectivity index (χ0v) is 24.1. The van der Waals surface area contributed by atoms with E-state index in [1.807, 2.05) is 22.9 Å². The highest BCUT2D eigenvalue weighted by atomic mass is 32.2. The van der Waals surface area contributed by atoms with Crippen molar-refractivity contribution in [3.63, 3.8) is 0 Å². The number of hydrogen-bond donors (Lipinski definition) is 1. The Morgan fingerprint density at radius 2 is 1.59 bits per heavy atom. The lowest BCUT2D eigenvalue weighted by Crippen LogP contribution is -2.42. The van der Waals surface area contributed by atoms with Gasteiger partial charge in [-0.25, -0.2) is 4.79 Å². The van der Waals surface area contributed by atoms with Gasteiger partial charge in [0.25, 0.3) is 10.1 Å². The molecule has 2 heterocycles. The molecule has 11 heteroatoms. The molecule has 1 fully saturated rings. The van der Waals surface area contributed by atoms with Crippen LogP contribution < -0.4 is 0 Å². The molecule has 37 heavy (non-hydrogen) atoms. The lowest BCUT2D eigenvalue weighted by atomic mass is 9.91. The maximum atomic E-state index is 13.2. The summed E-state index contributed by atoms with van der Waals surface area (Å²) in [5.74, 6) is -0.592. The van der Waals surface area contributed by atoms with E-state index in [1.54, 1.807) is 12.1 Å². The van der Waals surface area contributed by atoms with Crippen molar-refractivity contribution < 1.29 is 32.0 Å². The topological polar surface area (TPSA) is 102 Å². The average molecular weight is 574 g/mol. The second-order valence-electron chi connectivity index (χ2n) is 9.53. The third-order valence-electron chi connectivity index (χ3n) is 6.66. The van der Waals surface area contributed by atoms with Crippen LogP contribution in [0.5, 0.6) is 0 Å². The van der Waals surface area contributed by atoms with Crippen LogP contribution in [-0.2, 0) is 34.2 Å². The summed E-state index contributed by atoms with van der Waals surface area (Å²) < 4.78 is 38.2. The van der Waals surface area contributed by atoms with Crippen LogP contribution >= 0.6 is 22.7 Å². The number of rotatable bonds is 16. The van der Waals surface area contributed by atoms with Crippen molar-refractivity contribution in [3.8, 4) is 0 Å². The molecular weight excluding hydrogens is 534 g/mol. The molecule has 0 saturated heterocycles. The summed E-state index contributed by atoms with van der Waals surface area (Å²) in [7, 11) is -1.23. The van der Waals surface area contributed by atoms with Gasteiger partial charge in [-0.3, -0.25) is 4.18 Å². The van der Waals surface area contributed by atoms with Crippen LogP contribution in [0.4, 0.5) is 0 Å². The quantitative estimate of drug-likeness (QED) is 0.179. The number of esters is 1. The van der Waals surface area contributed by atoms with Crippen molar-refractivity contribution in [1.29, 1.82) is 0 Å². The minimum Gasteiger partial charge on any atom is -0.460 e. The van der Waals surface area contributed by atoms with E-state index >= 15 is 0 Å². The van der Waals surface area contributed by atoms with Crippen LogP contribution in [-0.4, -0.2) is 76.2 Å². The van der Waals surface area contributed by atoms with Gasteiger partial charge in [-0.05, 0) is 68.5 Å². The third kappa shape index (κ3) is 9.42. The molecule has 0 atom stereocenters. The zero-order chi connectivity index (χ0) is 26.7. The van der Waals surface area contributed by atoms with E-state index in [0.717, 1.165) is 64.2 Å². The van der Waals surface area contributed by atoms with E-state index in [9.17, 15) is 18.3 Å². The van der Waals surface area contributed by atoms with Crippen LogP contribution in [0.15, 0.2) is 35.0 Å². The molecule has 1 saturated carbocycles. The summed E-state index contributed by atoms with van der Waals surface area (Å²) in [5, 5.41) is 15.1. The molecule has 1 aliphatic rings. The number of carbonyl (C=O) groups excluding carboxylic acids is 1. The molecule has 0 bridgehead atoms. The molecule has 1 aliphatic carbocycles.